The van der Waals surface area contributed by atoms with Crippen molar-refractivity contribution in [3.63, 3.8) is 0 Å². The zero-order chi connectivity index (χ0) is 12.1. The lowest BCUT2D eigenvalue weighted by molar-refractivity contribution is 0.331. The number of hydrogen-bond donors (Lipinski definition) is 2. The van der Waals surface area contributed by atoms with Crippen LogP contribution in [0.4, 0.5) is 0 Å². The SMILES string of the molecule is CCC(N)Cc1ccc(OC)c(OC)c1O. The van der Waals surface area contributed by atoms with Gasteiger partial charge in [-0.3, -0.25) is 0 Å². The maximum atomic E-state index is 9.98. The van der Waals surface area contributed by atoms with Crippen molar-refractivity contribution >= 4 is 0 Å². The van der Waals surface area contributed by atoms with Gasteiger partial charge >= 0.3 is 0 Å². The van der Waals surface area contributed by atoms with Crippen molar-refractivity contribution in [2.24, 2.45) is 5.73 Å². The second-order valence-electron chi connectivity index (χ2n) is 3.68. The quantitative estimate of drug-likeness (QED) is 0.800. The third-order valence-corrected chi connectivity index (χ3v) is 2.61. The van der Waals surface area contributed by atoms with Gasteiger partial charge in [0.15, 0.2) is 11.5 Å². The van der Waals surface area contributed by atoms with Crippen LogP contribution >= 0.6 is 0 Å². The number of phenols is 1. The van der Waals surface area contributed by atoms with Crippen molar-refractivity contribution < 1.29 is 14.6 Å². The van der Waals surface area contributed by atoms with Crippen LogP contribution in [0.5, 0.6) is 17.2 Å². The average Bonchev–Trinajstić information content (AvgIpc) is 2.31. The molecule has 4 heteroatoms. The van der Waals surface area contributed by atoms with Gasteiger partial charge in [-0.15, -0.1) is 0 Å². The normalized spacial score (nSPS) is 12.2. The van der Waals surface area contributed by atoms with E-state index in [1.54, 1.807) is 6.07 Å². The molecule has 0 saturated heterocycles. The molecule has 0 saturated carbocycles. The molecule has 3 N–H and O–H groups in total. The first kappa shape index (κ1) is 12.6. The van der Waals surface area contributed by atoms with E-state index in [0.717, 1.165) is 12.0 Å². The Labute approximate surface area is 96.0 Å². The van der Waals surface area contributed by atoms with Crippen LogP contribution in [0.15, 0.2) is 12.1 Å². The average molecular weight is 225 g/mol. The summed E-state index contributed by atoms with van der Waals surface area (Å²) in [5, 5.41) is 9.98. The molecule has 0 aromatic heterocycles. The molecule has 0 radical (unpaired) electrons. The largest absolute Gasteiger partial charge is 0.504 e. The van der Waals surface area contributed by atoms with Gasteiger partial charge in [0.1, 0.15) is 0 Å². The lowest BCUT2D eigenvalue weighted by Gasteiger charge is -2.14. The molecule has 1 aromatic carbocycles. The monoisotopic (exact) mass is 225 g/mol. The Morgan fingerprint density at radius 2 is 2.00 bits per heavy atom. The summed E-state index contributed by atoms with van der Waals surface area (Å²) >= 11 is 0. The first-order valence-corrected chi connectivity index (χ1v) is 5.32. The Hall–Kier alpha value is -1.42. The fourth-order valence-electron chi connectivity index (χ4n) is 1.54. The van der Waals surface area contributed by atoms with Gasteiger partial charge in [-0.05, 0) is 24.5 Å². The summed E-state index contributed by atoms with van der Waals surface area (Å²) in [6.07, 6.45) is 1.50. The molecule has 16 heavy (non-hydrogen) atoms. The van der Waals surface area contributed by atoms with Gasteiger partial charge in [0.2, 0.25) is 5.75 Å². The van der Waals surface area contributed by atoms with E-state index in [2.05, 4.69) is 0 Å². The minimum Gasteiger partial charge on any atom is -0.504 e. The molecule has 1 unspecified atom stereocenters. The zero-order valence-corrected chi connectivity index (χ0v) is 9.99. The summed E-state index contributed by atoms with van der Waals surface area (Å²) in [5.41, 5.74) is 6.64. The fraction of sp³-hybridized carbons (Fsp3) is 0.500. The van der Waals surface area contributed by atoms with Crippen LogP contribution in [-0.4, -0.2) is 25.4 Å². The predicted octanol–water partition coefficient (Wildman–Crippen LogP) is 1.69. The number of nitrogens with two attached hydrogens (primary N) is 1. The molecule has 0 aliphatic heterocycles. The maximum absolute atomic E-state index is 9.98. The smallest absolute Gasteiger partial charge is 0.203 e. The highest BCUT2D eigenvalue weighted by Crippen LogP contribution is 2.39. The number of benzene rings is 1. The number of rotatable bonds is 5. The predicted molar refractivity (Wildman–Crippen MR) is 63.2 cm³/mol. The molecule has 0 bridgehead atoms. The highest BCUT2D eigenvalue weighted by Gasteiger charge is 2.15. The van der Waals surface area contributed by atoms with E-state index < -0.39 is 0 Å². The molecule has 0 amide bonds. The van der Waals surface area contributed by atoms with Gasteiger partial charge < -0.3 is 20.3 Å². The Balaban J connectivity index is 3.04. The first-order chi connectivity index (χ1) is 7.63. The molecule has 1 rings (SSSR count). The zero-order valence-electron chi connectivity index (χ0n) is 9.99. The van der Waals surface area contributed by atoms with Crippen molar-refractivity contribution in [1.82, 2.24) is 0 Å². The summed E-state index contributed by atoms with van der Waals surface area (Å²) < 4.78 is 10.2. The lowest BCUT2D eigenvalue weighted by Crippen LogP contribution is -2.21. The summed E-state index contributed by atoms with van der Waals surface area (Å²) in [5.74, 6) is 1.00. The van der Waals surface area contributed by atoms with Gasteiger partial charge in [-0.25, -0.2) is 0 Å². The van der Waals surface area contributed by atoms with E-state index in [4.69, 9.17) is 15.2 Å². The topological polar surface area (TPSA) is 64.7 Å². The van der Waals surface area contributed by atoms with Gasteiger partial charge in [0.25, 0.3) is 0 Å². The molecule has 1 aromatic rings. The Bertz CT molecular complexity index is 352. The number of methoxy groups -OCH3 is 2. The van der Waals surface area contributed by atoms with Crippen molar-refractivity contribution in [3.05, 3.63) is 17.7 Å². The van der Waals surface area contributed by atoms with E-state index in [9.17, 15) is 5.11 Å². The van der Waals surface area contributed by atoms with E-state index in [-0.39, 0.29) is 11.8 Å². The second kappa shape index (κ2) is 5.61. The van der Waals surface area contributed by atoms with Crippen LogP contribution < -0.4 is 15.2 Å². The lowest BCUT2D eigenvalue weighted by atomic mass is 10.0. The van der Waals surface area contributed by atoms with Crippen molar-refractivity contribution in [2.45, 2.75) is 25.8 Å². The van der Waals surface area contributed by atoms with Gasteiger partial charge in [0.05, 0.1) is 14.2 Å². The number of phenolic OH excluding ortho intramolecular Hbond substituents is 1. The van der Waals surface area contributed by atoms with Crippen LogP contribution in [0, 0.1) is 0 Å². The molecule has 0 aliphatic rings. The van der Waals surface area contributed by atoms with E-state index in [1.807, 2.05) is 13.0 Å². The van der Waals surface area contributed by atoms with E-state index in [1.165, 1.54) is 14.2 Å². The van der Waals surface area contributed by atoms with Crippen LogP contribution in [0.25, 0.3) is 0 Å². The summed E-state index contributed by atoms with van der Waals surface area (Å²) in [6, 6.07) is 3.63. The maximum Gasteiger partial charge on any atom is 0.203 e. The third kappa shape index (κ3) is 2.58. The van der Waals surface area contributed by atoms with E-state index in [0.29, 0.717) is 17.9 Å². The molecule has 0 aliphatic carbocycles. The third-order valence-electron chi connectivity index (χ3n) is 2.61. The van der Waals surface area contributed by atoms with Crippen LogP contribution in [0.2, 0.25) is 0 Å². The van der Waals surface area contributed by atoms with Gasteiger partial charge in [-0.1, -0.05) is 13.0 Å². The Kier molecular flexibility index (Phi) is 4.43. The molecule has 4 nitrogen and oxygen atoms in total. The molecule has 1 atom stereocenters. The highest BCUT2D eigenvalue weighted by molar-refractivity contribution is 5.55. The van der Waals surface area contributed by atoms with Gasteiger partial charge in [0, 0.05) is 6.04 Å². The minimum absolute atomic E-state index is 0.0454. The van der Waals surface area contributed by atoms with Crippen molar-refractivity contribution in [1.29, 1.82) is 0 Å². The number of hydrogen-bond acceptors (Lipinski definition) is 4. The Morgan fingerprint density at radius 3 is 2.50 bits per heavy atom. The summed E-state index contributed by atoms with van der Waals surface area (Å²) in [6.45, 7) is 2.02. The number of aromatic hydroxyl groups is 1. The summed E-state index contributed by atoms with van der Waals surface area (Å²) in [4.78, 5) is 0. The molecular formula is C12H19NO3. The fourth-order valence-corrected chi connectivity index (χ4v) is 1.54. The van der Waals surface area contributed by atoms with E-state index >= 15 is 0 Å². The van der Waals surface area contributed by atoms with Crippen LogP contribution in [-0.2, 0) is 6.42 Å². The van der Waals surface area contributed by atoms with Crippen molar-refractivity contribution in [3.8, 4) is 17.2 Å². The van der Waals surface area contributed by atoms with Crippen LogP contribution in [0.3, 0.4) is 0 Å². The molecular weight excluding hydrogens is 206 g/mol. The Morgan fingerprint density at radius 1 is 1.31 bits per heavy atom. The molecule has 0 heterocycles. The standard InChI is InChI=1S/C12H19NO3/c1-4-9(13)7-8-5-6-10(15-2)12(16-3)11(8)14/h5-6,9,14H,4,7,13H2,1-3H3. The number of ether oxygens (including phenoxy) is 2. The highest BCUT2D eigenvalue weighted by atomic mass is 16.5. The molecule has 90 valence electrons. The van der Waals surface area contributed by atoms with Gasteiger partial charge in [-0.2, -0.15) is 0 Å². The molecule has 0 fully saturated rings. The summed E-state index contributed by atoms with van der Waals surface area (Å²) in [7, 11) is 3.04. The van der Waals surface area contributed by atoms with Crippen LogP contribution in [0.1, 0.15) is 18.9 Å². The first-order valence-electron chi connectivity index (χ1n) is 5.32. The second-order valence-corrected chi connectivity index (χ2v) is 3.68. The minimum atomic E-state index is 0.0454. The van der Waals surface area contributed by atoms with Crippen molar-refractivity contribution in [2.75, 3.05) is 14.2 Å². The molecule has 0 spiro atoms.